The van der Waals surface area contributed by atoms with Gasteiger partial charge in [0.05, 0.1) is 6.61 Å². The lowest BCUT2D eigenvalue weighted by atomic mass is 10.2. The Labute approximate surface area is 84.6 Å². The number of hydrogen-bond donors (Lipinski definition) is 1. The van der Waals surface area contributed by atoms with Crippen LogP contribution >= 0.6 is 23.2 Å². The van der Waals surface area contributed by atoms with E-state index in [0.29, 0.717) is 12.0 Å². The highest BCUT2D eigenvalue weighted by atomic mass is 35.5. The van der Waals surface area contributed by atoms with Gasteiger partial charge in [0, 0.05) is 6.42 Å². The molecule has 0 aromatic carbocycles. The van der Waals surface area contributed by atoms with Gasteiger partial charge in [-0.1, -0.05) is 23.2 Å². The van der Waals surface area contributed by atoms with Crippen molar-refractivity contribution in [1.82, 2.24) is 4.98 Å². The van der Waals surface area contributed by atoms with E-state index in [1.165, 1.54) is 6.07 Å². The average molecular weight is 225 g/mol. The molecule has 1 heterocycles. The first-order valence-electron chi connectivity index (χ1n) is 3.47. The molecule has 1 aromatic rings. The third kappa shape index (κ3) is 2.77. The standard InChI is InChI=1S/C7H7Cl2FN2O/c8-6-4(1-2-13-11)3-5(10)7(9)12-6/h3H,1-2,11H2. The summed E-state index contributed by atoms with van der Waals surface area (Å²) in [4.78, 5) is 7.91. The van der Waals surface area contributed by atoms with Crippen LogP contribution in [0.15, 0.2) is 6.07 Å². The van der Waals surface area contributed by atoms with Crippen LogP contribution in [0, 0.1) is 5.82 Å². The van der Waals surface area contributed by atoms with E-state index in [1.807, 2.05) is 0 Å². The molecule has 0 aliphatic rings. The van der Waals surface area contributed by atoms with Gasteiger partial charge >= 0.3 is 0 Å². The minimum Gasteiger partial charge on any atom is -0.304 e. The average Bonchev–Trinajstić information content (AvgIpc) is 2.09. The number of halogens is 3. The zero-order valence-corrected chi connectivity index (χ0v) is 8.07. The van der Waals surface area contributed by atoms with Gasteiger partial charge in [0.25, 0.3) is 0 Å². The number of nitrogens with two attached hydrogens (primary N) is 1. The molecule has 0 amide bonds. The van der Waals surface area contributed by atoms with Gasteiger partial charge in [-0.2, -0.15) is 0 Å². The smallest absolute Gasteiger partial charge is 0.166 e. The molecule has 2 N–H and O–H groups in total. The van der Waals surface area contributed by atoms with Crippen LogP contribution in [-0.2, 0) is 11.3 Å². The Kier molecular flexibility index (Phi) is 3.87. The molecule has 0 spiro atoms. The van der Waals surface area contributed by atoms with E-state index in [2.05, 4.69) is 9.82 Å². The Morgan fingerprint density at radius 3 is 2.77 bits per heavy atom. The third-order valence-corrected chi connectivity index (χ3v) is 2.04. The maximum Gasteiger partial charge on any atom is 0.166 e. The van der Waals surface area contributed by atoms with Gasteiger partial charge in [0.2, 0.25) is 0 Å². The van der Waals surface area contributed by atoms with Crippen molar-refractivity contribution in [3.05, 3.63) is 27.8 Å². The van der Waals surface area contributed by atoms with Crippen molar-refractivity contribution in [2.45, 2.75) is 6.42 Å². The Balaban J connectivity index is 2.88. The summed E-state index contributed by atoms with van der Waals surface area (Å²) in [7, 11) is 0. The molecule has 13 heavy (non-hydrogen) atoms. The lowest BCUT2D eigenvalue weighted by molar-refractivity contribution is 0.141. The molecule has 72 valence electrons. The van der Waals surface area contributed by atoms with Gasteiger partial charge < -0.3 is 4.84 Å². The summed E-state index contributed by atoms with van der Waals surface area (Å²) >= 11 is 11.1. The van der Waals surface area contributed by atoms with E-state index in [9.17, 15) is 4.39 Å². The lowest BCUT2D eigenvalue weighted by Gasteiger charge is -2.03. The van der Waals surface area contributed by atoms with Crippen molar-refractivity contribution in [2.75, 3.05) is 6.61 Å². The maximum atomic E-state index is 12.9. The molecule has 0 radical (unpaired) electrons. The minimum atomic E-state index is -0.599. The van der Waals surface area contributed by atoms with Crippen molar-refractivity contribution >= 4 is 23.2 Å². The zero-order chi connectivity index (χ0) is 9.84. The molecule has 6 heteroatoms. The van der Waals surface area contributed by atoms with E-state index in [1.54, 1.807) is 0 Å². The summed E-state index contributed by atoms with van der Waals surface area (Å²) in [6.07, 6.45) is 0.399. The van der Waals surface area contributed by atoms with Crippen LogP contribution in [0.3, 0.4) is 0 Å². The Hall–Kier alpha value is -0.420. The van der Waals surface area contributed by atoms with E-state index in [4.69, 9.17) is 29.1 Å². The first-order valence-corrected chi connectivity index (χ1v) is 4.23. The Morgan fingerprint density at radius 1 is 1.46 bits per heavy atom. The molecule has 0 aliphatic heterocycles. The summed E-state index contributed by atoms with van der Waals surface area (Å²) in [5.74, 6) is 4.21. The maximum absolute atomic E-state index is 12.9. The van der Waals surface area contributed by atoms with Crippen LogP contribution in [0.1, 0.15) is 5.56 Å². The fraction of sp³-hybridized carbons (Fsp3) is 0.286. The zero-order valence-electron chi connectivity index (χ0n) is 6.56. The monoisotopic (exact) mass is 224 g/mol. The molecule has 0 fully saturated rings. The summed E-state index contributed by atoms with van der Waals surface area (Å²) in [6, 6.07) is 1.22. The second kappa shape index (κ2) is 4.72. The van der Waals surface area contributed by atoms with E-state index >= 15 is 0 Å². The fourth-order valence-electron chi connectivity index (χ4n) is 0.828. The summed E-state index contributed by atoms with van der Waals surface area (Å²) in [5, 5.41) is -0.0640. The summed E-state index contributed by atoms with van der Waals surface area (Å²) < 4.78 is 12.9. The van der Waals surface area contributed by atoms with Crippen molar-refractivity contribution in [1.29, 1.82) is 0 Å². The van der Waals surface area contributed by atoms with E-state index in [-0.39, 0.29) is 16.9 Å². The summed E-state index contributed by atoms with van der Waals surface area (Å²) in [5.41, 5.74) is 0.522. The Morgan fingerprint density at radius 2 is 2.15 bits per heavy atom. The molecule has 0 saturated heterocycles. The number of rotatable bonds is 3. The van der Waals surface area contributed by atoms with Gasteiger partial charge in [-0.15, -0.1) is 0 Å². The molecule has 0 saturated carbocycles. The topological polar surface area (TPSA) is 48.1 Å². The Bertz CT molecular complexity index is 309. The second-order valence-electron chi connectivity index (χ2n) is 2.33. The predicted molar refractivity (Wildman–Crippen MR) is 48.1 cm³/mol. The first-order chi connectivity index (χ1) is 6.15. The molecule has 1 rings (SSSR count). The van der Waals surface area contributed by atoms with Gasteiger partial charge in [-0.3, -0.25) is 0 Å². The molecular formula is C7H7Cl2FN2O. The molecule has 1 aromatic heterocycles. The van der Waals surface area contributed by atoms with Crippen molar-refractivity contribution in [2.24, 2.45) is 5.90 Å². The molecule has 3 nitrogen and oxygen atoms in total. The number of hydrogen-bond acceptors (Lipinski definition) is 3. The van der Waals surface area contributed by atoms with Crippen molar-refractivity contribution in [3.63, 3.8) is 0 Å². The van der Waals surface area contributed by atoms with Crippen LogP contribution in [0.2, 0.25) is 10.3 Å². The van der Waals surface area contributed by atoms with Crippen molar-refractivity contribution < 1.29 is 9.23 Å². The van der Waals surface area contributed by atoms with Gasteiger partial charge in [0.15, 0.2) is 11.0 Å². The van der Waals surface area contributed by atoms with Crippen molar-refractivity contribution in [3.8, 4) is 0 Å². The summed E-state index contributed by atoms with van der Waals surface area (Å²) in [6.45, 7) is 0.252. The normalized spacial score (nSPS) is 10.5. The first kappa shape index (κ1) is 10.7. The highest BCUT2D eigenvalue weighted by Crippen LogP contribution is 2.20. The molecule has 0 unspecified atom stereocenters. The predicted octanol–water partition coefficient (Wildman–Crippen LogP) is 1.96. The molecule has 0 bridgehead atoms. The largest absolute Gasteiger partial charge is 0.304 e. The van der Waals surface area contributed by atoms with E-state index in [0.717, 1.165) is 0 Å². The van der Waals surface area contributed by atoms with Gasteiger partial charge in [-0.25, -0.2) is 15.3 Å². The molecule has 0 aliphatic carbocycles. The number of nitrogens with zero attached hydrogens (tertiary/aromatic N) is 1. The highest BCUT2D eigenvalue weighted by molar-refractivity contribution is 6.32. The van der Waals surface area contributed by atoms with Crippen LogP contribution in [0.4, 0.5) is 4.39 Å². The lowest BCUT2D eigenvalue weighted by Crippen LogP contribution is -2.05. The van der Waals surface area contributed by atoms with Crippen LogP contribution in [0.25, 0.3) is 0 Å². The number of aromatic nitrogens is 1. The molecular weight excluding hydrogens is 218 g/mol. The molecule has 0 atom stereocenters. The minimum absolute atomic E-state index is 0.170. The van der Waals surface area contributed by atoms with Crippen LogP contribution in [0.5, 0.6) is 0 Å². The van der Waals surface area contributed by atoms with E-state index < -0.39 is 5.82 Å². The SMILES string of the molecule is NOCCc1cc(F)c(Cl)nc1Cl. The quantitative estimate of drug-likeness (QED) is 0.631. The fourth-order valence-corrected chi connectivity index (χ4v) is 1.24. The van der Waals surface area contributed by atoms with Gasteiger partial charge in [0.1, 0.15) is 5.15 Å². The van der Waals surface area contributed by atoms with Gasteiger partial charge in [-0.05, 0) is 11.6 Å². The van der Waals surface area contributed by atoms with Crippen LogP contribution < -0.4 is 5.90 Å². The second-order valence-corrected chi connectivity index (χ2v) is 3.05. The number of pyridine rings is 1. The van der Waals surface area contributed by atoms with Crippen LogP contribution in [-0.4, -0.2) is 11.6 Å². The third-order valence-electron chi connectivity index (χ3n) is 1.45. The highest BCUT2D eigenvalue weighted by Gasteiger charge is 2.08.